The molecule has 2 saturated heterocycles. The van der Waals surface area contributed by atoms with Gasteiger partial charge in [-0.25, -0.2) is 0 Å². The Hall–Kier alpha value is -0.260. The number of carboxylic acids is 1. The summed E-state index contributed by atoms with van der Waals surface area (Å²) >= 11 is 2.07. The van der Waals surface area contributed by atoms with Crippen molar-refractivity contribution in [3.8, 4) is 0 Å². The van der Waals surface area contributed by atoms with E-state index in [0.29, 0.717) is 0 Å². The monoisotopic (exact) mass is 258 g/mol. The van der Waals surface area contributed by atoms with Crippen LogP contribution in [0.2, 0.25) is 0 Å². The van der Waals surface area contributed by atoms with Crippen LogP contribution in [0.5, 0.6) is 0 Å². The number of nitrogens with zero attached hydrogens (tertiary/aromatic N) is 2. The Bertz CT molecular complexity index is 257. The molecule has 2 aliphatic heterocycles. The smallest absolute Gasteiger partial charge is 0.317 e. The summed E-state index contributed by atoms with van der Waals surface area (Å²) in [5.74, 6) is 2.80. The van der Waals surface area contributed by atoms with Crippen LogP contribution >= 0.6 is 11.8 Å². The standard InChI is InChI=1S/C12H22N2O2S/c15-12(16)9-14-4-1-3-13(5-6-14)8-11-2-7-17-10-11/h11H,1-10H2,(H,15,16). The molecule has 1 atom stereocenters. The maximum absolute atomic E-state index is 10.7. The molecule has 0 radical (unpaired) electrons. The molecule has 17 heavy (non-hydrogen) atoms. The maximum atomic E-state index is 10.7. The lowest BCUT2D eigenvalue weighted by molar-refractivity contribution is -0.138. The van der Waals surface area contributed by atoms with Crippen molar-refractivity contribution in [3.05, 3.63) is 0 Å². The zero-order valence-electron chi connectivity index (χ0n) is 10.3. The molecule has 1 unspecified atom stereocenters. The lowest BCUT2D eigenvalue weighted by Gasteiger charge is -2.23. The fraction of sp³-hybridized carbons (Fsp3) is 0.917. The lowest BCUT2D eigenvalue weighted by Crippen LogP contribution is -2.35. The molecule has 0 bridgehead atoms. The quantitative estimate of drug-likeness (QED) is 0.809. The highest BCUT2D eigenvalue weighted by Gasteiger charge is 2.21. The van der Waals surface area contributed by atoms with Crippen molar-refractivity contribution < 1.29 is 9.90 Å². The second-order valence-corrected chi connectivity index (χ2v) is 6.20. The van der Waals surface area contributed by atoms with E-state index >= 15 is 0 Å². The van der Waals surface area contributed by atoms with Gasteiger partial charge in [0.1, 0.15) is 0 Å². The second-order valence-electron chi connectivity index (χ2n) is 5.05. The molecular formula is C12H22N2O2S. The van der Waals surface area contributed by atoms with Gasteiger partial charge in [0, 0.05) is 26.2 Å². The third kappa shape index (κ3) is 4.48. The normalized spacial score (nSPS) is 28.1. The Morgan fingerprint density at radius 3 is 2.71 bits per heavy atom. The highest BCUT2D eigenvalue weighted by atomic mass is 32.2. The number of carbonyl (C=O) groups is 1. The van der Waals surface area contributed by atoms with Gasteiger partial charge in [-0.1, -0.05) is 0 Å². The van der Waals surface area contributed by atoms with E-state index in [-0.39, 0.29) is 6.54 Å². The van der Waals surface area contributed by atoms with Crippen molar-refractivity contribution in [1.82, 2.24) is 9.80 Å². The molecule has 2 fully saturated rings. The summed E-state index contributed by atoms with van der Waals surface area (Å²) in [6, 6.07) is 0. The summed E-state index contributed by atoms with van der Waals surface area (Å²) in [5.41, 5.74) is 0. The van der Waals surface area contributed by atoms with Gasteiger partial charge in [0.2, 0.25) is 0 Å². The average Bonchev–Trinajstić information content (AvgIpc) is 2.68. The first-order chi connectivity index (χ1) is 8.24. The van der Waals surface area contributed by atoms with Crippen molar-refractivity contribution in [3.63, 3.8) is 0 Å². The Labute approximate surface area is 107 Å². The van der Waals surface area contributed by atoms with Crippen LogP contribution in [0.15, 0.2) is 0 Å². The SMILES string of the molecule is O=C(O)CN1CCCN(CC2CCSC2)CC1. The van der Waals surface area contributed by atoms with Gasteiger partial charge in [0.15, 0.2) is 0 Å². The van der Waals surface area contributed by atoms with Gasteiger partial charge in [-0.2, -0.15) is 11.8 Å². The summed E-state index contributed by atoms with van der Waals surface area (Å²) in [6.45, 7) is 5.43. The summed E-state index contributed by atoms with van der Waals surface area (Å²) in [5, 5.41) is 8.80. The van der Waals surface area contributed by atoms with Gasteiger partial charge in [-0.3, -0.25) is 9.69 Å². The lowest BCUT2D eigenvalue weighted by atomic mass is 10.1. The number of thioether (sulfide) groups is 1. The zero-order valence-corrected chi connectivity index (χ0v) is 11.1. The molecule has 2 heterocycles. The minimum atomic E-state index is -0.703. The van der Waals surface area contributed by atoms with E-state index in [0.717, 1.165) is 38.5 Å². The first-order valence-corrected chi connectivity index (χ1v) is 7.64. The van der Waals surface area contributed by atoms with Gasteiger partial charge in [0.25, 0.3) is 0 Å². The predicted octanol–water partition coefficient (Wildman–Crippen LogP) is 0.832. The number of rotatable bonds is 4. The fourth-order valence-electron chi connectivity index (χ4n) is 2.65. The van der Waals surface area contributed by atoms with Crippen molar-refractivity contribution in [2.45, 2.75) is 12.8 Å². The maximum Gasteiger partial charge on any atom is 0.317 e. The van der Waals surface area contributed by atoms with Crippen LogP contribution in [0.4, 0.5) is 0 Å². The van der Waals surface area contributed by atoms with Crippen LogP contribution < -0.4 is 0 Å². The minimum absolute atomic E-state index is 0.202. The van der Waals surface area contributed by atoms with Gasteiger partial charge < -0.3 is 10.0 Å². The van der Waals surface area contributed by atoms with E-state index in [2.05, 4.69) is 21.6 Å². The van der Waals surface area contributed by atoms with E-state index < -0.39 is 5.97 Å². The number of hydrogen-bond acceptors (Lipinski definition) is 4. The highest BCUT2D eigenvalue weighted by molar-refractivity contribution is 7.99. The molecule has 2 aliphatic rings. The summed E-state index contributed by atoms with van der Waals surface area (Å²) in [4.78, 5) is 15.3. The van der Waals surface area contributed by atoms with E-state index in [1.54, 1.807) is 0 Å². The second kappa shape index (κ2) is 6.61. The van der Waals surface area contributed by atoms with E-state index in [1.165, 1.54) is 24.5 Å². The van der Waals surface area contributed by atoms with Gasteiger partial charge in [0.05, 0.1) is 6.54 Å². The zero-order chi connectivity index (χ0) is 12.1. The molecular weight excluding hydrogens is 236 g/mol. The summed E-state index contributed by atoms with van der Waals surface area (Å²) in [7, 11) is 0. The minimum Gasteiger partial charge on any atom is -0.480 e. The third-order valence-electron chi connectivity index (χ3n) is 3.58. The first-order valence-electron chi connectivity index (χ1n) is 6.48. The highest BCUT2D eigenvalue weighted by Crippen LogP contribution is 2.24. The molecule has 0 amide bonds. The molecule has 0 spiro atoms. The molecule has 0 aromatic rings. The largest absolute Gasteiger partial charge is 0.480 e. The molecule has 0 aromatic carbocycles. The molecule has 4 nitrogen and oxygen atoms in total. The van der Waals surface area contributed by atoms with Crippen LogP contribution in [0, 0.1) is 5.92 Å². The molecule has 0 aliphatic carbocycles. The van der Waals surface area contributed by atoms with Crippen LogP contribution in [-0.2, 0) is 4.79 Å². The predicted molar refractivity (Wildman–Crippen MR) is 70.6 cm³/mol. The van der Waals surface area contributed by atoms with Crippen molar-refractivity contribution in [1.29, 1.82) is 0 Å². The van der Waals surface area contributed by atoms with Crippen LogP contribution in [0.3, 0.4) is 0 Å². The third-order valence-corrected chi connectivity index (χ3v) is 4.81. The van der Waals surface area contributed by atoms with Crippen molar-refractivity contribution in [2.24, 2.45) is 5.92 Å². The van der Waals surface area contributed by atoms with Gasteiger partial charge >= 0.3 is 5.97 Å². The Morgan fingerprint density at radius 2 is 2.00 bits per heavy atom. The Balaban J connectivity index is 1.72. The van der Waals surface area contributed by atoms with E-state index in [1.807, 2.05) is 0 Å². The molecule has 5 heteroatoms. The number of hydrogen-bond donors (Lipinski definition) is 1. The average molecular weight is 258 g/mol. The van der Waals surface area contributed by atoms with Gasteiger partial charge in [-0.15, -0.1) is 0 Å². The van der Waals surface area contributed by atoms with Crippen molar-refractivity contribution in [2.75, 3.05) is 50.8 Å². The van der Waals surface area contributed by atoms with Crippen LogP contribution in [0.25, 0.3) is 0 Å². The Kier molecular flexibility index (Phi) is 5.13. The first kappa shape index (κ1) is 13.2. The summed E-state index contributed by atoms with van der Waals surface area (Å²) < 4.78 is 0. The summed E-state index contributed by atoms with van der Waals surface area (Å²) in [6.07, 6.45) is 2.47. The topological polar surface area (TPSA) is 43.8 Å². The van der Waals surface area contributed by atoms with Gasteiger partial charge in [-0.05, 0) is 36.8 Å². The molecule has 0 saturated carbocycles. The van der Waals surface area contributed by atoms with Crippen molar-refractivity contribution >= 4 is 17.7 Å². The van der Waals surface area contributed by atoms with E-state index in [9.17, 15) is 4.79 Å². The Morgan fingerprint density at radius 1 is 1.24 bits per heavy atom. The number of aliphatic carboxylic acids is 1. The molecule has 0 aromatic heterocycles. The molecule has 1 N–H and O–H groups in total. The van der Waals surface area contributed by atoms with E-state index in [4.69, 9.17) is 5.11 Å². The van der Waals surface area contributed by atoms with Crippen LogP contribution in [0.1, 0.15) is 12.8 Å². The fourth-order valence-corrected chi connectivity index (χ4v) is 3.92. The molecule has 2 rings (SSSR count). The van der Waals surface area contributed by atoms with Crippen LogP contribution in [-0.4, -0.2) is 71.6 Å². The number of carboxylic acid groups (broad SMARTS) is 1. The molecule has 98 valence electrons.